The summed E-state index contributed by atoms with van der Waals surface area (Å²) in [5.41, 5.74) is 0. The van der Waals surface area contributed by atoms with Crippen LogP contribution in [0.5, 0.6) is 0 Å². The first-order valence-electron chi connectivity index (χ1n) is 2.03. The smallest absolute Gasteiger partial charge is 0.0701 e. The molecule has 0 aliphatic rings. The molecule has 0 aliphatic carbocycles. The minimum atomic E-state index is 1.10. The standard InChI is InChI=1S/C3H11NSi2/c1-2-3-4(5)6/h2H,1,3H2,5-6H3. The summed E-state index contributed by atoms with van der Waals surface area (Å²) in [6, 6.07) is 0. The molecule has 0 radical (unpaired) electrons. The molecule has 0 saturated heterocycles. The van der Waals surface area contributed by atoms with Crippen LogP contribution in [0.4, 0.5) is 0 Å². The first-order valence-corrected chi connectivity index (χ1v) is 3.82. The SMILES string of the molecule is C=CCN([SiH3])[SiH3]. The molecule has 0 aromatic heterocycles. The molecule has 0 fully saturated rings. The maximum atomic E-state index is 3.60. The van der Waals surface area contributed by atoms with E-state index in [1.807, 2.05) is 6.08 Å². The molecular formula is C3H11NSi2. The van der Waals surface area contributed by atoms with E-state index < -0.39 is 0 Å². The van der Waals surface area contributed by atoms with Crippen molar-refractivity contribution >= 4 is 20.8 Å². The molecule has 3 heteroatoms. The van der Waals surface area contributed by atoms with Gasteiger partial charge in [0.2, 0.25) is 0 Å². The predicted molar refractivity (Wildman–Crippen MR) is 36.8 cm³/mol. The Hall–Kier alpha value is 0.134. The first-order chi connectivity index (χ1) is 2.77. The van der Waals surface area contributed by atoms with Crippen molar-refractivity contribution in [1.29, 1.82) is 0 Å². The van der Waals surface area contributed by atoms with E-state index >= 15 is 0 Å². The number of rotatable bonds is 2. The van der Waals surface area contributed by atoms with Crippen LogP contribution in [0.15, 0.2) is 12.7 Å². The molecule has 1 nitrogen and oxygen atoms in total. The maximum Gasteiger partial charge on any atom is 0.0701 e. The van der Waals surface area contributed by atoms with Crippen molar-refractivity contribution < 1.29 is 0 Å². The van der Waals surface area contributed by atoms with Gasteiger partial charge in [0.05, 0.1) is 20.8 Å². The summed E-state index contributed by atoms with van der Waals surface area (Å²) in [6.45, 7) is 4.70. The molecule has 0 heterocycles. The lowest BCUT2D eigenvalue weighted by Crippen LogP contribution is -2.14. The minimum absolute atomic E-state index is 1.10. The maximum absolute atomic E-state index is 3.60. The fourth-order valence-electron chi connectivity index (χ4n) is 0.258. The van der Waals surface area contributed by atoms with E-state index in [1.54, 1.807) is 0 Å². The van der Waals surface area contributed by atoms with Crippen LogP contribution >= 0.6 is 0 Å². The molecule has 0 rings (SSSR count). The van der Waals surface area contributed by atoms with Crippen LogP contribution < -0.4 is 0 Å². The summed E-state index contributed by atoms with van der Waals surface area (Å²) >= 11 is 0. The Balaban J connectivity index is 2.81. The van der Waals surface area contributed by atoms with Crippen molar-refractivity contribution in [2.75, 3.05) is 6.54 Å². The molecular weight excluding hydrogens is 106 g/mol. The van der Waals surface area contributed by atoms with Crippen molar-refractivity contribution in [2.24, 2.45) is 0 Å². The zero-order valence-corrected chi connectivity index (χ0v) is 8.44. The van der Waals surface area contributed by atoms with E-state index in [9.17, 15) is 0 Å². The van der Waals surface area contributed by atoms with Gasteiger partial charge in [-0.2, -0.15) is 0 Å². The Morgan fingerprint density at radius 2 is 2.17 bits per heavy atom. The fraction of sp³-hybridized carbons (Fsp3) is 0.333. The summed E-state index contributed by atoms with van der Waals surface area (Å²) in [7, 11) is 2.40. The second kappa shape index (κ2) is 3.33. The van der Waals surface area contributed by atoms with Gasteiger partial charge in [-0.15, -0.1) is 6.58 Å². The van der Waals surface area contributed by atoms with Gasteiger partial charge in [-0.25, -0.2) is 0 Å². The van der Waals surface area contributed by atoms with Gasteiger partial charge in [-0.1, -0.05) is 6.08 Å². The van der Waals surface area contributed by atoms with E-state index in [-0.39, 0.29) is 0 Å². The molecule has 0 aliphatic heterocycles. The third kappa shape index (κ3) is 4.13. The number of hydrogen-bond donors (Lipinski definition) is 0. The Labute approximate surface area is 45.0 Å². The molecule has 0 spiro atoms. The third-order valence-electron chi connectivity index (χ3n) is 0.494. The van der Waals surface area contributed by atoms with Gasteiger partial charge in [-0.05, 0) is 0 Å². The second-order valence-electron chi connectivity index (χ2n) is 1.55. The summed E-state index contributed by atoms with van der Waals surface area (Å²) in [6.07, 6.45) is 1.94. The molecule has 0 aromatic carbocycles. The summed E-state index contributed by atoms with van der Waals surface area (Å²) in [5, 5.41) is 0. The topological polar surface area (TPSA) is 3.24 Å². The van der Waals surface area contributed by atoms with Crippen molar-refractivity contribution in [3.63, 3.8) is 0 Å². The van der Waals surface area contributed by atoms with E-state index in [2.05, 4.69) is 10.8 Å². The van der Waals surface area contributed by atoms with Gasteiger partial charge >= 0.3 is 0 Å². The Bertz CT molecular complexity index is 44.1. The van der Waals surface area contributed by atoms with E-state index in [1.165, 1.54) is 20.8 Å². The molecule has 0 aromatic rings. The summed E-state index contributed by atoms with van der Waals surface area (Å²) < 4.78 is 2.34. The molecule has 0 N–H and O–H groups in total. The minimum Gasteiger partial charge on any atom is -0.357 e. The Kier molecular flexibility index (Phi) is 3.40. The van der Waals surface area contributed by atoms with Gasteiger partial charge in [0.25, 0.3) is 0 Å². The Morgan fingerprint density at radius 1 is 1.67 bits per heavy atom. The van der Waals surface area contributed by atoms with Crippen LogP contribution in [-0.4, -0.2) is 31.6 Å². The van der Waals surface area contributed by atoms with E-state index in [0.29, 0.717) is 0 Å². The van der Waals surface area contributed by atoms with Crippen LogP contribution in [0.2, 0.25) is 0 Å². The molecule has 0 saturated carbocycles. The van der Waals surface area contributed by atoms with Crippen LogP contribution in [-0.2, 0) is 0 Å². The molecule has 0 unspecified atom stereocenters. The van der Waals surface area contributed by atoms with Gasteiger partial charge in [0, 0.05) is 6.54 Å². The predicted octanol–water partition coefficient (Wildman–Crippen LogP) is -1.96. The molecule has 36 valence electrons. The monoisotopic (exact) mass is 117 g/mol. The van der Waals surface area contributed by atoms with Gasteiger partial charge < -0.3 is 4.23 Å². The lowest BCUT2D eigenvalue weighted by molar-refractivity contribution is 0.796. The highest BCUT2D eigenvalue weighted by atomic mass is 28.2. The first kappa shape index (κ1) is 6.13. The quantitative estimate of drug-likeness (QED) is 0.300. The average molecular weight is 117 g/mol. The molecule has 0 atom stereocenters. The van der Waals surface area contributed by atoms with Crippen LogP contribution in [0.3, 0.4) is 0 Å². The highest BCUT2D eigenvalue weighted by Crippen LogP contribution is 1.66. The van der Waals surface area contributed by atoms with Crippen LogP contribution in [0.1, 0.15) is 0 Å². The summed E-state index contributed by atoms with van der Waals surface area (Å²) in [5.74, 6) is 0. The lowest BCUT2D eigenvalue weighted by Gasteiger charge is -2.02. The number of nitrogens with zero attached hydrogens (tertiary/aromatic N) is 1. The molecule has 6 heavy (non-hydrogen) atoms. The zero-order chi connectivity index (χ0) is 4.99. The Morgan fingerprint density at radius 3 is 2.17 bits per heavy atom. The van der Waals surface area contributed by atoms with Gasteiger partial charge in [0.15, 0.2) is 0 Å². The lowest BCUT2D eigenvalue weighted by atomic mass is 10.7. The fourth-order valence-corrected chi connectivity index (χ4v) is 0.775. The number of hydrogen-bond acceptors (Lipinski definition) is 1. The van der Waals surface area contributed by atoms with Crippen LogP contribution in [0, 0.1) is 0 Å². The largest absolute Gasteiger partial charge is 0.357 e. The molecule has 0 bridgehead atoms. The van der Waals surface area contributed by atoms with Crippen molar-refractivity contribution in [3.05, 3.63) is 12.7 Å². The highest BCUT2D eigenvalue weighted by molar-refractivity contribution is 6.25. The normalized spacial score (nSPS) is 10.2. The van der Waals surface area contributed by atoms with E-state index in [4.69, 9.17) is 0 Å². The third-order valence-corrected chi connectivity index (χ3v) is 1.22. The second-order valence-corrected chi connectivity index (χ2v) is 6.39. The van der Waals surface area contributed by atoms with Crippen molar-refractivity contribution in [1.82, 2.24) is 4.23 Å². The average Bonchev–Trinajstić information content (AvgIpc) is 1.35. The summed E-state index contributed by atoms with van der Waals surface area (Å²) in [4.78, 5) is 0. The zero-order valence-electron chi connectivity index (χ0n) is 4.44. The van der Waals surface area contributed by atoms with Crippen LogP contribution in [0.25, 0.3) is 0 Å². The van der Waals surface area contributed by atoms with Crippen molar-refractivity contribution in [3.8, 4) is 0 Å². The van der Waals surface area contributed by atoms with Gasteiger partial charge in [0.1, 0.15) is 0 Å². The van der Waals surface area contributed by atoms with E-state index in [0.717, 1.165) is 6.54 Å². The van der Waals surface area contributed by atoms with Gasteiger partial charge in [-0.3, -0.25) is 0 Å². The molecule has 0 amide bonds. The highest BCUT2D eigenvalue weighted by Gasteiger charge is 1.75. The van der Waals surface area contributed by atoms with Crippen molar-refractivity contribution in [2.45, 2.75) is 0 Å².